The quantitative estimate of drug-likeness (QED) is 0.760. The van der Waals surface area contributed by atoms with E-state index >= 15 is 0 Å². The zero-order valence-corrected chi connectivity index (χ0v) is 8.42. The van der Waals surface area contributed by atoms with E-state index in [1.807, 2.05) is 20.0 Å². The number of hydrogen-bond donors (Lipinski definition) is 1. The number of hydrogen-bond acceptors (Lipinski definition) is 3. The Bertz CT molecular complexity index is 297. The Morgan fingerprint density at radius 2 is 2.15 bits per heavy atom. The molecule has 0 saturated carbocycles. The van der Waals surface area contributed by atoms with Gasteiger partial charge in [-0.1, -0.05) is 0 Å². The summed E-state index contributed by atoms with van der Waals surface area (Å²) in [4.78, 5) is 4.32. The van der Waals surface area contributed by atoms with Gasteiger partial charge in [0.05, 0.1) is 7.11 Å². The van der Waals surface area contributed by atoms with Gasteiger partial charge in [-0.15, -0.1) is 0 Å². The second-order valence-electron chi connectivity index (χ2n) is 3.08. The average molecular weight is 180 g/mol. The monoisotopic (exact) mass is 180 g/mol. The van der Waals surface area contributed by atoms with Crippen LogP contribution < -0.4 is 10.5 Å². The molecule has 13 heavy (non-hydrogen) atoms. The van der Waals surface area contributed by atoms with Crippen molar-refractivity contribution in [3.8, 4) is 5.75 Å². The number of nitrogens with zero attached hydrogens (tertiary/aromatic N) is 1. The number of ether oxygens (including phenoxy) is 1. The van der Waals surface area contributed by atoms with Gasteiger partial charge in [-0.2, -0.15) is 0 Å². The molecule has 0 spiro atoms. The molecular formula is C10H16N2O. The lowest BCUT2D eigenvalue weighted by atomic mass is 10.1. The molecule has 72 valence electrons. The van der Waals surface area contributed by atoms with Crippen LogP contribution in [0.3, 0.4) is 0 Å². The molecule has 3 nitrogen and oxygen atoms in total. The fourth-order valence-corrected chi connectivity index (χ4v) is 1.46. The number of nitrogens with two attached hydrogens (primary N) is 1. The molecule has 1 rings (SSSR count). The molecule has 0 aliphatic heterocycles. The first kappa shape index (κ1) is 9.99. The number of methoxy groups -OCH3 is 1. The molecule has 0 aliphatic rings. The first-order valence-corrected chi connectivity index (χ1v) is 4.39. The highest BCUT2D eigenvalue weighted by atomic mass is 16.5. The van der Waals surface area contributed by atoms with Gasteiger partial charge < -0.3 is 10.5 Å². The van der Waals surface area contributed by atoms with Crippen LogP contribution >= 0.6 is 0 Å². The summed E-state index contributed by atoms with van der Waals surface area (Å²) in [6.07, 6.45) is 2.64. The van der Waals surface area contributed by atoms with Gasteiger partial charge in [0.25, 0.3) is 0 Å². The maximum absolute atomic E-state index is 5.48. The van der Waals surface area contributed by atoms with Gasteiger partial charge in [-0.05, 0) is 20.4 Å². The van der Waals surface area contributed by atoms with Crippen LogP contribution in [-0.4, -0.2) is 18.6 Å². The van der Waals surface area contributed by atoms with E-state index in [1.165, 1.54) is 0 Å². The summed E-state index contributed by atoms with van der Waals surface area (Å²) in [5, 5.41) is 0. The first-order chi connectivity index (χ1) is 6.20. The number of pyridine rings is 1. The van der Waals surface area contributed by atoms with Crippen molar-refractivity contribution in [1.82, 2.24) is 4.98 Å². The summed E-state index contributed by atoms with van der Waals surface area (Å²) < 4.78 is 5.28. The van der Waals surface area contributed by atoms with Gasteiger partial charge in [0, 0.05) is 29.4 Å². The van der Waals surface area contributed by atoms with Gasteiger partial charge >= 0.3 is 0 Å². The molecule has 0 bridgehead atoms. The summed E-state index contributed by atoms with van der Waals surface area (Å²) in [7, 11) is 1.68. The van der Waals surface area contributed by atoms with E-state index in [2.05, 4.69) is 4.98 Å². The van der Waals surface area contributed by atoms with Crippen molar-refractivity contribution < 1.29 is 4.74 Å². The van der Waals surface area contributed by atoms with Gasteiger partial charge in [0.1, 0.15) is 5.75 Å². The van der Waals surface area contributed by atoms with E-state index in [0.29, 0.717) is 6.54 Å². The SMILES string of the molecule is COc1c(C)cnc(CCN)c1C. The minimum atomic E-state index is 0.625. The van der Waals surface area contributed by atoms with Crippen molar-refractivity contribution in [3.05, 3.63) is 23.0 Å². The zero-order valence-electron chi connectivity index (χ0n) is 8.42. The van der Waals surface area contributed by atoms with E-state index in [-0.39, 0.29) is 0 Å². The summed E-state index contributed by atoms with van der Waals surface area (Å²) in [5.74, 6) is 0.929. The molecule has 0 fully saturated rings. The third-order valence-electron chi connectivity index (χ3n) is 2.13. The molecule has 1 aromatic heterocycles. The predicted octanol–water partition coefficient (Wildman–Crippen LogP) is 1.21. The Balaban J connectivity index is 3.11. The standard InChI is InChI=1S/C10H16N2O/c1-7-6-12-9(4-5-11)8(2)10(7)13-3/h6H,4-5,11H2,1-3H3. The van der Waals surface area contributed by atoms with Crippen LogP contribution in [0.15, 0.2) is 6.20 Å². The van der Waals surface area contributed by atoms with Gasteiger partial charge in [-0.3, -0.25) is 4.98 Å². The van der Waals surface area contributed by atoms with Crippen LogP contribution in [0.4, 0.5) is 0 Å². The predicted molar refractivity (Wildman–Crippen MR) is 53.0 cm³/mol. The molecule has 0 aliphatic carbocycles. The van der Waals surface area contributed by atoms with Crippen molar-refractivity contribution in [3.63, 3.8) is 0 Å². The number of rotatable bonds is 3. The molecule has 0 aromatic carbocycles. The van der Waals surface area contributed by atoms with Crippen molar-refractivity contribution >= 4 is 0 Å². The van der Waals surface area contributed by atoms with Crippen molar-refractivity contribution in [2.75, 3.05) is 13.7 Å². The molecule has 0 radical (unpaired) electrons. The van der Waals surface area contributed by atoms with Crippen LogP contribution in [0.2, 0.25) is 0 Å². The Morgan fingerprint density at radius 1 is 1.46 bits per heavy atom. The van der Waals surface area contributed by atoms with Crippen LogP contribution in [0, 0.1) is 13.8 Å². The Morgan fingerprint density at radius 3 is 2.69 bits per heavy atom. The lowest BCUT2D eigenvalue weighted by molar-refractivity contribution is 0.407. The molecule has 1 aromatic rings. The van der Waals surface area contributed by atoms with Crippen LogP contribution in [0.1, 0.15) is 16.8 Å². The van der Waals surface area contributed by atoms with E-state index in [0.717, 1.165) is 29.0 Å². The second kappa shape index (κ2) is 4.23. The van der Waals surface area contributed by atoms with E-state index < -0.39 is 0 Å². The molecule has 0 atom stereocenters. The average Bonchev–Trinajstić information content (AvgIpc) is 2.11. The molecule has 0 unspecified atom stereocenters. The van der Waals surface area contributed by atoms with E-state index in [9.17, 15) is 0 Å². The van der Waals surface area contributed by atoms with Crippen molar-refractivity contribution in [2.24, 2.45) is 5.73 Å². The lowest BCUT2D eigenvalue weighted by Crippen LogP contribution is -2.07. The molecule has 2 N–H and O–H groups in total. The third kappa shape index (κ3) is 1.98. The first-order valence-electron chi connectivity index (χ1n) is 4.39. The topological polar surface area (TPSA) is 48.1 Å². The molecule has 3 heteroatoms. The highest BCUT2D eigenvalue weighted by Crippen LogP contribution is 2.23. The number of aryl methyl sites for hydroxylation is 1. The van der Waals surface area contributed by atoms with Crippen molar-refractivity contribution in [2.45, 2.75) is 20.3 Å². The molecule has 0 amide bonds. The second-order valence-corrected chi connectivity index (χ2v) is 3.08. The van der Waals surface area contributed by atoms with Gasteiger partial charge in [0.2, 0.25) is 0 Å². The smallest absolute Gasteiger partial charge is 0.128 e. The Hall–Kier alpha value is -1.09. The molecular weight excluding hydrogens is 164 g/mol. The molecule has 0 saturated heterocycles. The summed E-state index contributed by atoms with van der Waals surface area (Å²) >= 11 is 0. The summed E-state index contributed by atoms with van der Waals surface area (Å²) in [6.45, 7) is 4.63. The third-order valence-corrected chi connectivity index (χ3v) is 2.13. The normalized spacial score (nSPS) is 10.2. The largest absolute Gasteiger partial charge is 0.496 e. The minimum Gasteiger partial charge on any atom is -0.496 e. The maximum Gasteiger partial charge on any atom is 0.128 e. The summed E-state index contributed by atoms with van der Waals surface area (Å²) in [6, 6.07) is 0. The van der Waals surface area contributed by atoms with Crippen LogP contribution in [0.25, 0.3) is 0 Å². The number of aromatic nitrogens is 1. The van der Waals surface area contributed by atoms with Crippen molar-refractivity contribution in [1.29, 1.82) is 0 Å². The fraction of sp³-hybridized carbons (Fsp3) is 0.500. The fourth-order valence-electron chi connectivity index (χ4n) is 1.46. The van der Waals surface area contributed by atoms with Crippen LogP contribution in [0.5, 0.6) is 5.75 Å². The van der Waals surface area contributed by atoms with Crippen LogP contribution in [-0.2, 0) is 6.42 Å². The Labute approximate surface area is 78.9 Å². The van der Waals surface area contributed by atoms with E-state index in [1.54, 1.807) is 7.11 Å². The lowest BCUT2D eigenvalue weighted by Gasteiger charge is -2.11. The Kier molecular flexibility index (Phi) is 3.25. The minimum absolute atomic E-state index is 0.625. The highest BCUT2D eigenvalue weighted by molar-refractivity contribution is 5.41. The maximum atomic E-state index is 5.48. The summed E-state index contributed by atoms with van der Waals surface area (Å²) in [5.41, 5.74) is 8.69. The van der Waals surface area contributed by atoms with Gasteiger partial charge in [0.15, 0.2) is 0 Å². The highest BCUT2D eigenvalue weighted by Gasteiger charge is 2.07. The van der Waals surface area contributed by atoms with E-state index in [4.69, 9.17) is 10.5 Å². The zero-order chi connectivity index (χ0) is 9.84. The molecule has 1 heterocycles. The van der Waals surface area contributed by atoms with Gasteiger partial charge in [-0.25, -0.2) is 0 Å².